The summed E-state index contributed by atoms with van der Waals surface area (Å²) in [6, 6.07) is 3.86. The molecular formula is C15H15Cl2F3N2O2. The average molecular weight is 383 g/mol. The van der Waals surface area contributed by atoms with Crippen molar-refractivity contribution in [2.45, 2.75) is 16.9 Å². The topological polar surface area (TPSA) is 41.6 Å². The Balaban J connectivity index is 1.84. The highest BCUT2D eigenvalue weighted by atomic mass is 35.5. The van der Waals surface area contributed by atoms with Gasteiger partial charge in [-0.3, -0.25) is 4.79 Å². The number of morpholine rings is 1. The summed E-state index contributed by atoms with van der Waals surface area (Å²) in [7, 11) is 0. The summed E-state index contributed by atoms with van der Waals surface area (Å²) in [5, 5.41) is 2.29. The van der Waals surface area contributed by atoms with E-state index in [1.54, 1.807) is 6.07 Å². The molecule has 1 saturated heterocycles. The number of carbonyl (C=O) groups is 1. The Bertz CT molecular complexity index is 646. The van der Waals surface area contributed by atoms with Gasteiger partial charge in [0, 0.05) is 18.8 Å². The zero-order chi connectivity index (χ0) is 17.5. The van der Waals surface area contributed by atoms with Crippen LogP contribution in [-0.4, -0.2) is 36.5 Å². The van der Waals surface area contributed by atoms with Gasteiger partial charge < -0.3 is 15.0 Å². The monoisotopic (exact) mass is 382 g/mol. The van der Waals surface area contributed by atoms with Crippen LogP contribution in [0.1, 0.15) is 12.0 Å². The van der Waals surface area contributed by atoms with Gasteiger partial charge in [-0.15, -0.1) is 23.2 Å². The van der Waals surface area contributed by atoms with Crippen molar-refractivity contribution in [1.82, 2.24) is 0 Å². The summed E-state index contributed by atoms with van der Waals surface area (Å²) in [4.78, 5) is 13.8. The maximum atomic E-state index is 13.4. The Morgan fingerprint density at radius 2 is 1.92 bits per heavy atom. The number of halogens is 5. The number of amides is 1. The van der Waals surface area contributed by atoms with E-state index in [2.05, 4.69) is 5.32 Å². The molecule has 3 rings (SSSR count). The van der Waals surface area contributed by atoms with E-state index < -0.39 is 27.9 Å². The van der Waals surface area contributed by atoms with Gasteiger partial charge in [-0.25, -0.2) is 0 Å². The fraction of sp³-hybridized carbons (Fsp3) is 0.533. The fourth-order valence-corrected chi connectivity index (χ4v) is 3.12. The molecule has 1 saturated carbocycles. The van der Waals surface area contributed by atoms with Crippen LogP contribution < -0.4 is 10.2 Å². The molecule has 1 N–H and O–H groups in total. The second-order valence-electron chi connectivity index (χ2n) is 5.83. The zero-order valence-corrected chi connectivity index (χ0v) is 14.0. The average Bonchev–Trinajstić information content (AvgIpc) is 3.16. The molecule has 1 aliphatic carbocycles. The minimum atomic E-state index is -4.59. The number of benzene rings is 1. The molecule has 0 spiro atoms. The van der Waals surface area contributed by atoms with Gasteiger partial charge >= 0.3 is 6.18 Å². The normalized spacial score (nSPS) is 23.0. The molecule has 0 aromatic heterocycles. The lowest BCUT2D eigenvalue weighted by molar-refractivity contribution is -0.136. The second-order valence-corrected chi connectivity index (χ2v) is 7.38. The van der Waals surface area contributed by atoms with Gasteiger partial charge in [0.15, 0.2) is 0 Å². The van der Waals surface area contributed by atoms with Crippen molar-refractivity contribution in [3.63, 3.8) is 0 Å². The Kier molecular flexibility index (Phi) is 4.61. The number of alkyl halides is 5. The first kappa shape index (κ1) is 17.6. The van der Waals surface area contributed by atoms with E-state index in [4.69, 9.17) is 27.9 Å². The van der Waals surface area contributed by atoms with Crippen molar-refractivity contribution in [3.05, 3.63) is 23.8 Å². The molecule has 4 nitrogen and oxygen atoms in total. The maximum Gasteiger partial charge on any atom is 0.418 e. The summed E-state index contributed by atoms with van der Waals surface area (Å²) in [5.74, 6) is -1.30. The summed E-state index contributed by atoms with van der Waals surface area (Å²) < 4.78 is 44.1. The molecular weight excluding hydrogens is 368 g/mol. The Morgan fingerprint density at radius 1 is 1.29 bits per heavy atom. The lowest BCUT2D eigenvalue weighted by atomic mass is 10.1. The highest BCUT2D eigenvalue weighted by Crippen LogP contribution is 2.53. The van der Waals surface area contributed by atoms with Crippen molar-refractivity contribution in [1.29, 1.82) is 0 Å². The van der Waals surface area contributed by atoms with Crippen LogP contribution >= 0.6 is 23.2 Å². The molecule has 0 radical (unpaired) electrons. The molecule has 2 aliphatic rings. The Hall–Kier alpha value is -1.18. The lowest BCUT2D eigenvalue weighted by Gasteiger charge is -2.29. The Labute approximate surface area is 146 Å². The number of rotatable bonds is 3. The van der Waals surface area contributed by atoms with E-state index >= 15 is 0 Å². The summed E-state index contributed by atoms with van der Waals surface area (Å²) in [6.07, 6.45) is -4.36. The van der Waals surface area contributed by atoms with Crippen LogP contribution in [0.2, 0.25) is 0 Å². The van der Waals surface area contributed by atoms with Crippen LogP contribution in [0, 0.1) is 5.92 Å². The molecule has 1 atom stereocenters. The number of anilines is 2. The van der Waals surface area contributed by atoms with E-state index in [-0.39, 0.29) is 12.1 Å². The van der Waals surface area contributed by atoms with Crippen molar-refractivity contribution >= 4 is 40.5 Å². The molecule has 1 aromatic carbocycles. The van der Waals surface area contributed by atoms with Crippen molar-refractivity contribution < 1.29 is 22.7 Å². The van der Waals surface area contributed by atoms with Crippen molar-refractivity contribution in [3.8, 4) is 0 Å². The van der Waals surface area contributed by atoms with Gasteiger partial charge in [0.05, 0.1) is 30.4 Å². The molecule has 1 aromatic rings. The number of carbonyl (C=O) groups excluding carboxylic acids is 1. The van der Waals surface area contributed by atoms with E-state index in [0.29, 0.717) is 32.0 Å². The fourth-order valence-electron chi connectivity index (χ4n) is 2.61. The lowest BCUT2D eigenvalue weighted by Crippen LogP contribution is -2.36. The second kappa shape index (κ2) is 6.28. The molecule has 24 heavy (non-hydrogen) atoms. The minimum Gasteiger partial charge on any atom is -0.378 e. The van der Waals surface area contributed by atoms with Crippen LogP contribution in [0.15, 0.2) is 18.2 Å². The van der Waals surface area contributed by atoms with Crippen molar-refractivity contribution in [2.75, 3.05) is 36.5 Å². The van der Waals surface area contributed by atoms with Gasteiger partial charge in [-0.05, 0) is 24.6 Å². The summed E-state index contributed by atoms with van der Waals surface area (Å²) >= 11 is 11.6. The predicted molar refractivity (Wildman–Crippen MR) is 85.6 cm³/mol. The quantitative estimate of drug-likeness (QED) is 0.810. The van der Waals surface area contributed by atoms with E-state index in [0.717, 1.165) is 6.07 Å². The van der Waals surface area contributed by atoms with Gasteiger partial charge in [0.25, 0.3) is 0 Å². The number of hydrogen-bond donors (Lipinski definition) is 1. The number of nitrogens with one attached hydrogen (secondary N) is 1. The zero-order valence-electron chi connectivity index (χ0n) is 12.5. The molecule has 1 unspecified atom stereocenters. The molecule has 1 amide bonds. The number of ether oxygens (including phenoxy) is 1. The third-order valence-electron chi connectivity index (χ3n) is 4.09. The van der Waals surface area contributed by atoms with Crippen LogP contribution in [0.4, 0.5) is 24.5 Å². The standard InChI is InChI=1S/C15H15Cl2F3N2O2/c16-14(17)8-11(14)13(23)21-12-2-1-9(7-10(12)15(18,19)20)22-3-5-24-6-4-22/h1-2,7,11H,3-6,8H2,(H,21,23). The van der Waals surface area contributed by atoms with Gasteiger partial charge in [0.1, 0.15) is 4.33 Å². The Morgan fingerprint density at radius 3 is 2.46 bits per heavy atom. The van der Waals surface area contributed by atoms with Gasteiger partial charge in [0.2, 0.25) is 5.91 Å². The van der Waals surface area contributed by atoms with Gasteiger partial charge in [-0.2, -0.15) is 13.2 Å². The highest BCUT2D eigenvalue weighted by Gasteiger charge is 2.56. The summed E-state index contributed by atoms with van der Waals surface area (Å²) in [6.45, 7) is 1.97. The smallest absolute Gasteiger partial charge is 0.378 e. The van der Waals surface area contributed by atoms with Crippen molar-refractivity contribution in [2.24, 2.45) is 5.92 Å². The van der Waals surface area contributed by atoms with Gasteiger partial charge in [-0.1, -0.05) is 0 Å². The first-order chi connectivity index (χ1) is 11.2. The van der Waals surface area contributed by atoms with Crippen LogP contribution in [0.25, 0.3) is 0 Å². The molecule has 1 heterocycles. The van der Waals surface area contributed by atoms with E-state index in [1.807, 2.05) is 4.90 Å². The first-order valence-electron chi connectivity index (χ1n) is 7.41. The third kappa shape index (κ3) is 3.73. The predicted octanol–water partition coefficient (Wildman–Crippen LogP) is 3.67. The van der Waals surface area contributed by atoms with Crippen LogP contribution in [0.5, 0.6) is 0 Å². The molecule has 0 bridgehead atoms. The summed E-state index contributed by atoms with van der Waals surface area (Å²) in [5.41, 5.74) is -0.741. The van der Waals surface area contributed by atoms with Crippen LogP contribution in [-0.2, 0) is 15.7 Å². The highest BCUT2D eigenvalue weighted by molar-refractivity contribution is 6.52. The molecule has 132 valence electrons. The number of nitrogens with zero attached hydrogens (tertiary/aromatic N) is 1. The minimum absolute atomic E-state index is 0.231. The largest absolute Gasteiger partial charge is 0.418 e. The molecule has 2 fully saturated rings. The third-order valence-corrected chi connectivity index (χ3v) is 4.92. The first-order valence-corrected chi connectivity index (χ1v) is 8.17. The SMILES string of the molecule is O=C(Nc1ccc(N2CCOCC2)cc1C(F)(F)F)C1CC1(Cl)Cl. The molecule has 9 heteroatoms. The number of hydrogen-bond acceptors (Lipinski definition) is 3. The molecule has 1 aliphatic heterocycles. The van der Waals surface area contributed by atoms with E-state index in [9.17, 15) is 18.0 Å². The maximum absolute atomic E-state index is 13.4. The van der Waals surface area contributed by atoms with Crippen LogP contribution in [0.3, 0.4) is 0 Å². The van der Waals surface area contributed by atoms with E-state index in [1.165, 1.54) is 6.07 Å².